The average molecular weight is 196 g/mol. The van der Waals surface area contributed by atoms with Gasteiger partial charge in [0.15, 0.2) is 0 Å². The Morgan fingerprint density at radius 2 is 2.23 bits per heavy atom. The fourth-order valence-corrected chi connectivity index (χ4v) is 2.18. The Morgan fingerprint density at radius 1 is 1.38 bits per heavy atom. The van der Waals surface area contributed by atoms with Crippen LogP contribution < -0.4 is 5.32 Å². The van der Waals surface area contributed by atoms with Gasteiger partial charge in [0.2, 0.25) is 0 Å². The van der Waals surface area contributed by atoms with E-state index < -0.39 is 0 Å². The highest BCUT2D eigenvalue weighted by Gasteiger charge is 2.30. The van der Waals surface area contributed by atoms with Crippen LogP contribution in [0, 0.1) is 0 Å². The van der Waals surface area contributed by atoms with Crippen LogP contribution in [0.15, 0.2) is 24.3 Å². The summed E-state index contributed by atoms with van der Waals surface area (Å²) in [5.74, 6) is 0.670. The van der Waals surface area contributed by atoms with Crippen LogP contribution in [0.5, 0.6) is 0 Å². The van der Waals surface area contributed by atoms with Gasteiger partial charge in [-0.15, -0.1) is 0 Å². The second kappa shape index (κ2) is 3.69. The Bertz CT molecular complexity index is 296. The summed E-state index contributed by atoms with van der Waals surface area (Å²) in [5, 5.41) is 4.17. The normalized spacial score (nSPS) is 26.9. The van der Waals surface area contributed by atoms with E-state index in [-0.39, 0.29) is 0 Å². The summed E-state index contributed by atoms with van der Waals surface area (Å²) in [6.45, 7) is 0. The maximum absolute atomic E-state index is 5.94. The first-order valence-corrected chi connectivity index (χ1v) is 5.12. The zero-order chi connectivity index (χ0) is 9.26. The number of nitrogens with one attached hydrogen (secondary N) is 1. The van der Waals surface area contributed by atoms with Crippen LogP contribution in [0.1, 0.15) is 24.3 Å². The summed E-state index contributed by atoms with van der Waals surface area (Å²) in [6, 6.07) is 8.86. The van der Waals surface area contributed by atoms with Crippen LogP contribution in [0.3, 0.4) is 0 Å². The van der Waals surface area contributed by atoms with Gasteiger partial charge in [0.1, 0.15) is 0 Å². The number of rotatable bonds is 2. The minimum atomic E-state index is 0.651. The molecule has 2 atom stereocenters. The number of hydrogen-bond donors (Lipinski definition) is 1. The fraction of sp³-hybridized carbons (Fsp3) is 0.455. The molecule has 0 aromatic heterocycles. The smallest absolute Gasteiger partial charge is 0.0408 e. The molecule has 0 aliphatic heterocycles. The SMILES string of the molecule is CNC1CCC1c1cccc(Cl)c1. The second-order valence-electron chi connectivity index (χ2n) is 3.63. The fourth-order valence-electron chi connectivity index (χ4n) is 1.98. The van der Waals surface area contributed by atoms with Crippen LogP contribution in [0.2, 0.25) is 5.02 Å². The Balaban J connectivity index is 2.16. The van der Waals surface area contributed by atoms with Gasteiger partial charge in [-0.3, -0.25) is 0 Å². The Labute approximate surface area is 84.1 Å². The summed E-state index contributed by atoms with van der Waals surface area (Å²) >= 11 is 5.94. The molecule has 1 N–H and O–H groups in total. The molecule has 1 aromatic rings. The number of hydrogen-bond acceptors (Lipinski definition) is 1. The van der Waals surface area contributed by atoms with Crippen molar-refractivity contribution in [2.75, 3.05) is 7.05 Å². The molecule has 0 saturated heterocycles. The Kier molecular flexibility index (Phi) is 2.56. The summed E-state index contributed by atoms with van der Waals surface area (Å²) in [5.41, 5.74) is 1.37. The third kappa shape index (κ3) is 1.72. The predicted octanol–water partition coefficient (Wildman–Crippen LogP) is 2.81. The molecule has 1 saturated carbocycles. The average Bonchev–Trinajstić information content (AvgIpc) is 2.03. The molecule has 0 bridgehead atoms. The van der Waals surface area contributed by atoms with Crippen LogP contribution in [-0.4, -0.2) is 13.1 Å². The van der Waals surface area contributed by atoms with E-state index >= 15 is 0 Å². The Morgan fingerprint density at radius 3 is 2.77 bits per heavy atom. The van der Waals surface area contributed by atoms with Gasteiger partial charge in [0.05, 0.1) is 0 Å². The summed E-state index contributed by atoms with van der Waals surface area (Å²) < 4.78 is 0. The Hall–Kier alpha value is -0.530. The molecule has 0 amide bonds. The largest absolute Gasteiger partial charge is 0.316 e. The molecule has 70 valence electrons. The molecule has 0 spiro atoms. The lowest BCUT2D eigenvalue weighted by atomic mass is 9.75. The van der Waals surface area contributed by atoms with E-state index in [1.165, 1.54) is 18.4 Å². The van der Waals surface area contributed by atoms with Crippen LogP contribution in [0.25, 0.3) is 0 Å². The van der Waals surface area contributed by atoms with E-state index in [1.807, 2.05) is 19.2 Å². The molecular weight excluding hydrogens is 182 g/mol. The predicted molar refractivity (Wildman–Crippen MR) is 56.3 cm³/mol. The molecule has 0 heterocycles. The van der Waals surface area contributed by atoms with E-state index in [1.54, 1.807) is 0 Å². The molecule has 1 aliphatic rings. The molecule has 0 radical (unpaired) electrons. The van der Waals surface area contributed by atoms with Crippen LogP contribution >= 0.6 is 11.6 Å². The molecule has 1 fully saturated rings. The summed E-state index contributed by atoms with van der Waals surface area (Å²) in [7, 11) is 2.03. The van der Waals surface area contributed by atoms with Crippen molar-refractivity contribution in [2.24, 2.45) is 0 Å². The molecule has 1 aromatic carbocycles. The lowest BCUT2D eigenvalue weighted by molar-refractivity contribution is 0.300. The maximum Gasteiger partial charge on any atom is 0.0408 e. The topological polar surface area (TPSA) is 12.0 Å². The highest BCUT2D eigenvalue weighted by molar-refractivity contribution is 6.30. The van der Waals surface area contributed by atoms with Gasteiger partial charge in [0.25, 0.3) is 0 Å². The first kappa shape index (κ1) is 9.04. The van der Waals surface area contributed by atoms with E-state index in [0.717, 1.165) is 5.02 Å². The zero-order valence-corrected chi connectivity index (χ0v) is 8.51. The highest BCUT2D eigenvalue weighted by atomic mass is 35.5. The van der Waals surface area contributed by atoms with Crippen molar-refractivity contribution in [2.45, 2.75) is 24.8 Å². The van der Waals surface area contributed by atoms with Gasteiger partial charge in [0, 0.05) is 11.1 Å². The monoisotopic (exact) mass is 195 g/mol. The molecule has 1 nitrogen and oxygen atoms in total. The quantitative estimate of drug-likeness (QED) is 0.766. The van der Waals surface area contributed by atoms with E-state index in [9.17, 15) is 0 Å². The molecule has 1 aliphatic carbocycles. The summed E-state index contributed by atoms with van der Waals surface area (Å²) in [6.07, 6.45) is 2.57. The standard InChI is InChI=1S/C11H14ClN/c1-13-11-6-5-10(11)8-3-2-4-9(12)7-8/h2-4,7,10-11,13H,5-6H2,1H3. The van der Waals surface area contributed by atoms with Crippen LogP contribution in [0.4, 0.5) is 0 Å². The maximum atomic E-state index is 5.94. The lowest BCUT2D eigenvalue weighted by Crippen LogP contribution is -2.40. The number of halogens is 1. The van der Waals surface area contributed by atoms with Crippen molar-refractivity contribution in [1.82, 2.24) is 5.32 Å². The zero-order valence-electron chi connectivity index (χ0n) is 7.76. The third-order valence-corrected chi connectivity index (χ3v) is 3.16. The molecule has 13 heavy (non-hydrogen) atoms. The van der Waals surface area contributed by atoms with E-state index in [2.05, 4.69) is 17.4 Å². The molecule has 2 unspecified atom stereocenters. The van der Waals surface area contributed by atoms with Gasteiger partial charge in [-0.05, 0) is 43.5 Å². The van der Waals surface area contributed by atoms with Crippen molar-refractivity contribution < 1.29 is 0 Å². The third-order valence-electron chi connectivity index (χ3n) is 2.92. The first-order chi connectivity index (χ1) is 6.31. The molecular formula is C11H14ClN. The van der Waals surface area contributed by atoms with Gasteiger partial charge < -0.3 is 5.32 Å². The van der Waals surface area contributed by atoms with Crippen molar-refractivity contribution in [3.8, 4) is 0 Å². The van der Waals surface area contributed by atoms with E-state index in [0.29, 0.717) is 12.0 Å². The van der Waals surface area contributed by atoms with Gasteiger partial charge in [-0.2, -0.15) is 0 Å². The first-order valence-electron chi connectivity index (χ1n) is 4.74. The van der Waals surface area contributed by atoms with Crippen molar-refractivity contribution in [1.29, 1.82) is 0 Å². The number of benzene rings is 1. The summed E-state index contributed by atoms with van der Waals surface area (Å²) in [4.78, 5) is 0. The van der Waals surface area contributed by atoms with Gasteiger partial charge in [-0.1, -0.05) is 23.7 Å². The second-order valence-corrected chi connectivity index (χ2v) is 4.07. The van der Waals surface area contributed by atoms with Gasteiger partial charge in [-0.25, -0.2) is 0 Å². The lowest BCUT2D eigenvalue weighted by Gasteiger charge is -2.36. The van der Waals surface area contributed by atoms with Gasteiger partial charge >= 0.3 is 0 Å². The molecule has 2 rings (SSSR count). The van der Waals surface area contributed by atoms with Crippen molar-refractivity contribution in [3.05, 3.63) is 34.9 Å². The minimum Gasteiger partial charge on any atom is -0.316 e. The van der Waals surface area contributed by atoms with Crippen molar-refractivity contribution >= 4 is 11.6 Å². The van der Waals surface area contributed by atoms with E-state index in [4.69, 9.17) is 11.6 Å². The van der Waals surface area contributed by atoms with Crippen molar-refractivity contribution in [3.63, 3.8) is 0 Å². The number of likely N-dealkylation sites (N-methyl/N-ethyl adjacent to an activating group) is 1. The minimum absolute atomic E-state index is 0.651. The molecule has 2 heteroatoms. The highest BCUT2D eigenvalue weighted by Crippen LogP contribution is 2.37. The van der Waals surface area contributed by atoms with Crippen LogP contribution in [-0.2, 0) is 0 Å².